The number of hydrogen-bond donors (Lipinski definition) is 3. The van der Waals surface area contributed by atoms with Crippen molar-refractivity contribution in [3.8, 4) is 0 Å². The Morgan fingerprint density at radius 3 is 2.57 bits per heavy atom. The Morgan fingerprint density at radius 1 is 1.32 bits per heavy atom. The Morgan fingerprint density at radius 2 is 2.00 bits per heavy atom. The molecular formula is C16H17N3O9. The molecule has 28 heavy (non-hydrogen) atoms. The van der Waals surface area contributed by atoms with Gasteiger partial charge in [0.1, 0.15) is 6.26 Å². The average molecular weight is 395 g/mol. The molecule has 0 saturated carbocycles. The second-order valence-corrected chi connectivity index (χ2v) is 5.79. The Kier molecular flexibility index (Phi) is 6.63. The smallest absolute Gasteiger partial charge is 0.399 e. The summed E-state index contributed by atoms with van der Waals surface area (Å²) in [6.45, 7) is -0.994. The lowest BCUT2D eigenvalue weighted by molar-refractivity contribution is -0.384. The van der Waals surface area contributed by atoms with Crippen molar-refractivity contribution in [3.05, 3.63) is 62.1 Å². The molecule has 0 saturated heterocycles. The maximum atomic E-state index is 12.6. The molecule has 2 amide bonds. The van der Waals surface area contributed by atoms with E-state index in [-0.39, 0.29) is 30.0 Å². The summed E-state index contributed by atoms with van der Waals surface area (Å²) in [6.07, 6.45) is -0.162. The van der Waals surface area contributed by atoms with Crippen LogP contribution in [0, 0.1) is 10.1 Å². The minimum Gasteiger partial charge on any atom is -0.399 e. The van der Waals surface area contributed by atoms with Crippen molar-refractivity contribution in [2.75, 3.05) is 20.2 Å². The van der Waals surface area contributed by atoms with Crippen LogP contribution in [0.2, 0.25) is 0 Å². The Bertz CT molecular complexity index is 933. The zero-order valence-electron chi connectivity index (χ0n) is 14.7. The van der Waals surface area contributed by atoms with Crippen LogP contribution in [-0.4, -0.2) is 58.2 Å². The standard InChI is InChI=1S/C16H17N3O9/c1-18(6-13-8-27-16(24)28-13)15(23)10-2-9(3-11(4-10)19(25)26)14(22)17-5-12(21)7-20/h2-4,8,12,20-21H,5-7H2,1H3,(H,17,22). The third-order valence-electron chi connectivity index (χ3n) is 3.59. The molecule has 0 bridgehead atoms. The lowest BCUT2D eigenvalue weighted by Crippen LogP contribution is -2.34. The normalized spacial score (nSPS) is 11.7. The van der Waals surface area contributed by atoms with Gasteiger partial charge in [-0.15, -0.1) is 0 Å². The zero-order chi connectivity index (χ0) is 20.8. The van der Waals surface area contributed by atoms with E-state index in [9.17, 15) is 29.6 Å². The summed E-state index contributed by atoms with van der Waals surface area (Å²) >= 11 is 0. The molecule has 12 heteroatoms. The molecule has 2 rings (SSSR count). The van der Waals surface area contributed by atoms with Gasteiger partial charge in [-0.25, -0.2) is 4.79 Å². The van der Waals surface area contributed by atoms with Crippen LogP contribution in [0.25, 0.3) is 0 Å². The maximum absolute atomic E-state index is 12.6. The van der Waals surface area contributed by atoms with Gasteiger partial charge in [0.25, 0.3) is 17.5 Å². The molecular weight excluding hydrogens is 378 g/mol. The van der Waals surface area contributed by atoms with Crippen LogP contribution in [0.5, 0.6) is 0 Å². The van der Waals surface area contributed by atoms with Gasteiger partial charge in [-0.1, -0.05) is 0 Å². The van der Waals surface area contributed by atoms with Gasteiger partial charge in [-0.05, 0) is 6.07 Å². The molecule has 0 aliphatic carbocycles. The number of nitrogens with zero attached hydrogens (tertiary/aromatic N) is 2. The maximum Gasteiger partial charge on any atom is 0.518 e. The molecule has 1 atom stereocenters. The third-order valence-corrected chi connectivity index (χ3v) is 3.59. The van der Waals surface area contributed by atoms with Crippen molar-refractivity contribution < 1.29 is 33.6 Å². The van der Waals surface area contributed by atoms with E-state index in [1.54, 1.807) is 0 Å². The molecule has 1 aromatic carbocycles. The molecule has 3 N–H and O–H groups in total. The number of rotatable bonds is 8. The fraction of sp³-hybridized carbons (Fsp3) is 0.312. The summed E-state index contributed by atoms with van der Waals surface area (Å²) < 4.78 is 9.16. The van der Waals surface area contributed by atoms with Gasteiger partial charge in [0.15, 0.2) is 5.76 Å². The minimum absolute atomic E-state index is 0.0715. The molecule has 0 radical (unpaired) electrons. The monoisotopic (exact) mass is 395 g/mol. The van der Waals surface area contributed by atoms with E-state index < -0.39 is 41.0 Å². The van der Waals surface area contributed by atoms with E-state index in [0.29, 0.717) is 0 Å². The van der Waals surface area contributed by atoms with Gasteiger partial charge in [-0.3, -0.25) is 19.7 Å². The van der Waals surface area contributed by atoms with Gasteiger partial charge in [-0.2, -0.15) is 0 Å². The predicted molar refractivity (Wildman–Crippen MR) is 91.6 cm³/mol. The van der Waals surface area contributed by atoms with Gasteiger partial charge in [0.2, 0.25) is 0 Å². The summed E-state index contributed by atoms with van der Waals surface area (Å²) in [7, 11) is 1.37. The first kappa shape index (κ1) is 20.8. The SMILES string of the molecule is CN(Cc1coc(=O)o1)C(=O)c1cc(C(=O)NCC(O)CO)cc([N+](=O)[O-])c1. The highest BCUT2D eigenvalue weighted by Crippen LogP contribution is 2.19. The Hall–Kier alpha value is -3.51. The topological polar surface area (TPSA) is 176 Å². The van der Waals surface area contributed by atoms with Crippen LogP contribution in [0.1, 0.15) is 26.5 Å². The van der Waals surface area contributed by atoms with E-state index in [2.05, 4.69) is 9.73 Å². The first-order valence-electron chi connectivity index (χ1n) is 7.91. The summed E-state index contributed by atoms with van der Waals surface area (Å²) in [5, 5.41) is 31.5. The van der Waals surface area contributed by atoms with E-state index in [1.165, 1.54) is 7.05 Å². The van der Waals surface area contributed by atoms with Gasteiger partial charge in [0, 0.05) is 36.9 Å². The van der Waals surface area contributed by atoms with Crippen LogP contribution in [0.3, 0.4) is 0 Å². The van der Waals surface area contributed by atoms with Crippen molar-refractivity contribution in [3.63, 3.8) is 0 Å². The number of amides is 2. The number of nitro groups is 1. The predicted octanol–water partition coefficient (Wildman–Crippen LogP) is -0.504. The highest BCUT2D eigenvalue weighted by Gasteiger charge is 2.21. The Balaban J connectivity index is 2.25. The Labute approximate surface area is 157 Å². The van der Waals surface area contributed by atoms with Crippen LogP contribution in [0.4, 0.5) is 5.69 Å². The molecule has 0 fully saturated rings. The number of nitrogens with one attached hydrogen (secondary N) is 1. The highest BCUT2D eigenvalue weighted by molar-refractivity contribution is 6.00. The second-order valence-electron chi connectivity index (χ2n) is 5.79. The molecule has 12 nitrogen and oxygen atoms in total. The van der Waals surface area contributed by atoms with Crippen LogP contribution in [0.15, 0.2) is 38.1 Å². The number of nitro benzene ring substituents is 1. The molecule has 0 aliphatic heterocycles. The minimum atomic E-state index is -1.19. The molecule has 0 spiro atoms. The summed E-state index contributed by atoms with van der Waals surface area (Å²) in [5.74, 6) is -2.30. The number of non-ortho nitro benzene ring substituents is 1. The fourth-order valence-corrected chi connectivity index (χ4v) is 2.21. The van der Waals surface area contributed by atoms with Gasteiger partial charge >= 0.3 is 5.82 Å². The number of carbonyl (C=O) groups is 2. The lowest BCUT2D eigenvalue weighted by Gasteiger charge is -2.16. The van der Waals surface area contributed by atoms with Crippen molar-refractivity contribution in [1.82, 2.24) is 10.2 Å². The molecule has 0 aliphatic rings. The first-order chi connectivity index (χ1) is 13.2. The van der Waals surface area contributed by atoms with E-state index >= 15 is 0 Å². The van der Waals surface area contributed by atoms with Crippen LogP contribution >= 0.6 is 0 Å². The van der Waals surface area contributed by atoms with E-state index in [4.69, 9.17) is 9.52 Å². The summed E-state index contributed by atoms with van der Waals surface area (Å²) in [6, 6.07) is 3.13. The molecule has 2 aromatic rings. The number of carbonyl (C=O) groups excluding carboxylic acids is 2. The van der Waals surface area contributed by atoms with Crippen molar-refractivity contribution in [1.29, 1.82) is 0 Å². The van der Waals surface area contributed by atoms with Gasteiger partial charge < -0.3 is 29.3 Å². The number of aliphatic hydroxyl groups is 2. The second kappa shape index (κ2) is 8.92. The average Bonchev–Trinajstić information content (AvgIpc) is 3.09. The summed E-state index contributed by atoms with van der Waals surface area (Å²) in [5.41, 5.74) is -0.803. The van der Waals surface area contributed by atoms with Gasteiger partial charge in [0.05, 0.1) is 24.2 Å². The van der Waals surface area contributed by atoms with Crippen LogP contribution in [-0.2, 0) is 6.54 Å². The van der Waals surface area contributed by atoms with Crippen molar-refractivity contribution in [2.45, 2.75) is 12.6 Å². The third kappa shape index (κ3) is 5.25. The largest absolute Gasteiger partial charge is 0.518 e. The highest BCUT2D eigenvalue weighted by atomic mass is 16.6. The lowest BCUT2D eigenvalue weighted by atomic mass is 10.1. The molecule has 1 unspecified atom stereocenters. The van der Waals surface area contributed by atoms with Crippen molar-refractivity contribution in [2.24, 2.45) is 0 Å². The zero-order valence-corrected chi connectivity index (χ0v) is 14.7. The van der Waals surface area contributed by atoms with E-state index in [0.717, 1.165) is 29.4 Å². The quantitative estimate of drug-likeness (QED) is 0.392. The summed E-state index contributed by atoms with van der Waals surface area (Å²) in [4.78, 5) is 47.1. The molecule has 1 heterocycles. The number of hydrogen-bond acceptors (Lipinski definition) is 9. The number of benzene rings is 1. The molecule has 1 aromatic heterocycles. The van der Waals surface area contributed by atoms with Crippen LogP contribution < -0.4 is 11.1 Å². The van der Waals surface area contributed by atoms with Crippen molar-refractivity contribution >= 4 is 17.5 Å². The molecule has 150 valence electrons. The fourth-order valence-electron chi connectivity index (χ4n) is 2.21. The van der Waals surface area contributed by atoms with E-state index in [1.807, 2.05) is 0 Å². The first-order valence-corrected chi connectivity index (χ1v) is 7.91. The number of aliphatic hydroxyl groups excluding tert-OH is 2.